The lowest BCUT2D eigenvalue weighted by molar-refractivity contribution is -0.150. The molecular formula is C41H80O4. The molecule has 0 spiro atoms. The largest absolute Gasteiger partial charge is 0.465 e. The van der Waals surface area contributed by atoms with Crippen molar-refractivity contribution in [1.29, 1.82) is 0 Å². The van der Waals surface area contributed by atoms with Gasteiger partial charge in [0.1, 0.15) is 0 Å². The van der Waals surface area contributed by atoms with Gasteiger partial charge in [0.15, 0.2) is 0 Å². The molecule has 0 atom stereocenters. The summed E-state index contributed by atoms with van der Waals surface area (Å²) in [6.07, 6.45) is 37.1. The van der Waals surface area contributed by atoms with Gasteiger partial charge in [0, 0.05) is 0 Å². The fourth-order valence-corrected chi connectivity index (χ4v) is 6.41. The molecule has 0 aliphatic rings. The van der Waals surface area contributed by atoms with Gasteiger partial charge in [-0.1, -0.05) is 188 Å². The fourth-order valence-electron chi connectivity index (χ4n) is 6.41. The SMILES string of the molecule is CCCCCCC(CCCCCC)C(=O)OCCCCCCCCCCCCCOC(=O)C(CCCCCC)CCCCCC. The maximum absolute atomic E-state index is 12.7. The smallest absolute Gasteiger partial charge is 0.308 e. The van der Waals surface area contributed by atoms with Gasteiger partial charge in [-0.05, 0) is 38.5 Å². The first-order valence-electron chi connectivity index (χ1n) is 20.4. The van der Waals surface area contributed by atoms with Gasteiger partial charge in [-0.3, -0.25) is 9.59 Å². The molecular weight excluding hydrogens is 556 g/mol. The van der Waals surface area contributed by atoms with E-state index in [-0.39, 0.29) is 23.8 Å². The Kier molecular flexibility index (Phi) is 34.9. The first-order valence-corrected chi connectivity index (χ1v) is 20.4. The first-order chi connectivity index (χ1) is 22.1. The summed E-state index contributed by atoms with van der Waals surface area (Å²) in [5.74, 6) is 0.384. The third kappa shape index (κ3) is 30.0. The summed E-state index contributed by atoms with van der Waals surface area (Å²) < 4.78 is 11.4. The van der Waals surface area contributed by atoms with Gasteiger partial charge in [0.2, 0.25) is 0 Å². The van der Waals surface area contributed by atoms with Crippen molar-refractivity contribution in [2.75, 3.05) is 13.2 Å². The van der Waals surface area contributed by atoms with E-state index in [4.69, 9.17) is 9.47 Å². The number of hydrogen-bond donors (Lipinski definition) is 0. The Hall–Kier alpha value is -1.06. The van der Waals surface area contributed by atoms with Crippen LogP contribution in [0, 0.1) is 11.8 Å². The molecule has 0 amide bonds. The number of esters is 2. The van der Waals surface area contributed by atoms with Crippen LogP contribution in [0.3, 0.4) is 0 Å². The number of ether oxygens (including phenoxy) is 2. The average molecular weight is 637 g/mol. The normalized spacial score (nSPS) is 11.5. The van der Waals surface area contributed by atoms with E-state index in [1.807, 2.05) is 0 Å². The molecule has 4 heteroatoms. The molecule has 45 heavy (non-hydrogen) atoms. The van der Waals surface area contributed by atoms with Gasteiger partial charge in [0.25, 0.3) is 0 Å². The van der Waals surface area contributed by atoms with E-state index < -0.39 is 0 Å². The molecule has 0 bridgehead atoms. The van der Waals surface area contributed by atoms with Crippen molar-refractivity contribution in [3.05, 3.63) is 0 Å². The fraction of sp³-hybridized carbons (Fsp3) is 0.951. The van der Waals surface area contributed by atoms with Crippen LogP contribution in [-0.4, -0.2) is 25.2 Å². The number of carbonyl (C=O) groups is 2. The van der Waals surface area contributed by atoms with E-state index in [1.165, 1.54) is 135 Å². The molecule has 268 valence electrons. The van der Waals surface area contributed by atoms with Crippen LogP contribution in [0.25, 0.3) is 0 Å². The zero-order chi connectivity index (χ0) is 33.1. The number of carbonyl (C=O) groups excluding carboxylic acids is 2. The Labute approximate surface area is 282 Å². The Morgan fingerprint density at radius 2 is 0.556 bits per heavy atom. The highest BCUT2D eigenvalue weighted by molar-refractivity contribution is 5.72. The molecule has 0 N–H and O–H groups in total. The monoisotopic (exact) mass is 637 g/mol. The molecule has 0 radical (unpaired) electrons. The minimum atomic E-state index is 0.0703. The van der Waals surface area contributed by atoms with E-state index in [1.54, 1.807) is 0 Å². The predicted molar refractivity (Wildman–Crippen MR) is 195 cm³/mol. The van der Waals surface area contributed by atoms with E-state index >= 15 is 0 Å². The van der Waals surface area contributed by atoms with E-state index in [0.29, 0.717) is 13.2 Å². The number of rotatable bonds is 36. The summed E-state index contributed by atoms with van der Waals surface area (Å²) in [6, 6.07) is 0. The summed E-state index contributed by atoms with van der Waals surface area (Å²) in [5.41, 5.74) is 0. The third-order valence-electron chi connectivity index (χ3n) is 9.57. The quantitative estimate of drug-likeness (QED) is 0.0507. The van der Waals surface area contributed by atoms with Crippen molar-refractivity contribution in [2.45, 2.75) is 227 Å². The van der Waals surface area contributed by atoms with Crippen molar-refractivity contribution >= 4 is 11.9 Å². The Balaban J connectivity index is 3.80. The van der Waals surface area contributed by atoms with Gasteiger partial charge in [-0.25, -0.2) is 0 Å². The molecule has 0 heterocycles. The first kappa shape index (κ1) is 43.9. The molecule has 4 nitrogen and oxygen atoms in total. The molecule has 0 fully saturated rings. The Bertz CT molecular complexity index is 543. The highest BCUT2D eigenvalue weighted by Gasteiger charge is 2.20. The van der Waals surface area contributed by atoms with Crippen LogP contribution in [0.2, 0.25) is 0 Å². The van der Waals surface area contributed by atoms with E-state index in [9.17, 15) is 9.59 Å². The maximum Gasteiger partial charge on any atom is 0.308 e. The Morgan fingerprint density at radius 1 is 0.333 bits per heavy atom. The van der Waals surface area contributed by atoms with Crippen LogP contribution >= 0.6 is 0 Å². The summed E-state index contributed by atoms with van der Waals surface area (Å²) >= 11 is 0. The van der Waals surface area contributed by atoms with Crippen LogP contribution < -0.4 is 0 Å². The lowest BCUT2D eigenvalue weighted by Gasteiger charge is -2.16. The predicted octanol–water partition coefficient (Wildman–Crippen LogP) is 13.5. The lowest BCUT2D eigenvalue weighted by atomic mass is 9.94. The summed E-state index contributed by atoms with van der Waals surface area (Å²) in [5, 5.41) is 0. The molecule has 0 aromatic rings. The van der Waals surface area contributed by atoms with Gasteiger partial charge >= 0.3 is 11.9 Å². The second-order valence-electron chi connectivity index (χ2n) is 14.0. The minimum absolute atomic E-state index is 0.0703. The molecule has 0 saturated heterocycles. The van der Waals surface area contributed by atoms with Gasteiger partial charge in [0.05, 0.1) is 25.0 Å². The molecule has 0 aliphatic heterocycles. The molecule has 0 saturated carbocycles. The van der Waals surface area contributed by atoms with Gasteiger partial charge < -0.3 is 9.47 Å². The van der Waals surface area contributed by atoms with Crippen LogP contribution in [0.5, 0.6) is 0 Å². The summed E-state index contributed by atoms with van der Waals surface area (Å²) in [4.78, 5) is 25.4. The van der Waals surface area contributed by atoms with Crippen molar-refractivity contribution in [1.82, 2.24) is 0 Å². The van der Waals surface area contributed by atoms with Crippen molar-refractivity contribution < 1.29 is 19.1 Å². The highest BCUT2D eigenvalue weighted by atomic mass is 16.5. The molecule has 0 unspecified atom stereocenters. The zero-order valence-electron chi connectivity index (χ0n) is 31.1. The molecule has 0 rings (SSSR count). The van der Waals surface area contributed by atoms with Crippen molar-refractivity contribution in [3.8, 4) is 0 Å². The molecule has 0 aromatic carbocycles. The standard InChI is InChI=1S/C41H80O4/c1-5-9-13-26-32-38(33-27-14-10-6-2)40(42)44-36-30-24-22-20-18-17-19-21-23-25-31-37-45-41(43)39(34-28-15-11-7-3)35-29-16-12-8-4/h38-39H,5-37H2,1-4H3. The molecule has 0 aromatic heterocycles. The van der Waals surface area contributed by atoms with E-state index in [2.05, 4.69) is 27.7 Å². The van der Waals surface area contributed by atoms with Crippen LogP contribution in [0.15, 0.2) is 0 Å². The Morgan fingerprint density at radius 3 is 0.800 bits per heavy atom. The highest BCUT2D eigenvalue weighted by Crippen LogP contribution is 2.22. The summed E-state index contributed by atoms with van der Waals surface area (Å²) in [7, 11) is 0. The lowest BCUT2D eigenvalue weighted by Crippen LogP contribution is -2.18. The van der Waals surface area contributed by atoms with Gasteiger partial charge in [-0.15, -0.1) is 0 Å². The van der Waals surface area contributed by atoms with E-state index in [0.717, 1.165) is 64.2 Å². The maximum atomic E-state index is 12.7. The minimum Gasteiger partial charge on any atom is -0.465 e. The van der Waals surface area contributed by atoms with Crippen LogP contribution in [0.1, 0.15) is 227 Å². The third-order valence-corrected chi connectivity index (χ3v) is 9.57. The zero-order valence-corrected chi connectivity index (χ0v) is 31.1. The second kappa shape index (κ2) is 35.8. The number of unbranched alkanes of at least 4 members (excludes halogenated alkanes) is 22. The summed E-state index contributed by atoms with van der Waals surface area (Å²) in [6.45, 7) is 10.2. The second-order valence-corrected chi connectivity index (χ2v) is 14.0. The average Bonchev–Trinajstić information content (AvgIpc) is 3.04. The van der Waals surface area contributed by atoms with Gasteiger partial charge in [-0.2, -0.15) is 0 Å². The van der Waals surface area contributed by atoms with Crippen LogP contribution in [0.4, 0.5) is 0 Å². The van der Waals surface area contributed by atoms with Crippen molar-refractivity contribution in [3.63, 3.8) is 0 Å². The topological polar surface area (TPSA) is 52.6 Å². The number of hydrogen-bond acceptors (Lipinski definition) is 4. The molecule has 0 aliphatic carbocycles. The van der Waals surface area contributed by atoms with Crippen LogP contribution in [-0.2, 0) is 19.1 Å². The van der Waals surface area contributed by atoms with Crippen molar-refractivity contribution in [2.24, 2.45) is 11.8 Å².